The average molecular weight is 1660 g/mol. The maximum Gasteiger partial charge on any atom is 0.276 e. The van der Waals surface area contributed by atoms with Crippen LogP contribution in [0.4, 0.5) is 40.3 Å². The Morgan fingerprint density at radius 1 is 0.382 bits per heavy atom. The Morgan fingerprint density at radius 3 is 1.08 bits per heavy atom. The number of pyridine rings is 4. The molecule has 568 valence electrons. The summed E-state index contributed by atoms with van der Waals surface area (Å²) in [6, 6.07) is 11.5. The van der Waals surface area contributed by atoms with Crippen molar-refractivity contribution >= 4 is 183 Å². The molecule has 8 aliphatic rings. The first kappa shape index (κ1) is 74.7. The van der Waals surface area contributed by atoms with E-state index in [-0.39, 0.29) is 107 Å². The van der Waals surface area contributed by atoms with Crippen LogP contribution in [0.2, 0.25) is 20.1 Å². The van der Waals surface area contributed by atoms with Crippen LogP contribution in [0, 0.1) is 0 Å². The lowest BCUT2D eigenvalue weighted by molar-refractivity contribution is 0.0867. The van der Waals surface area contributed by atoms with Crippen molar-refractivity contribution in [1.29, 1.82) is 0 Å². The highest BCUT2D eigenvalue weighted by atomic mass is 79.9. The molecule has 33 nitrogen and oxygen atoms in total. The van der Waals surface area contributed by atoms with Gasteiger partial charge in [-0.05, 0) is 161 Å². The van der Waals surface area contributed by atoms with Crippen LogP contribution in [0.15, 0.2) is 116 Å². The number of aromatic nitrogens is 17. The number of nitrogen functional groups attached to an aromatic ring is 1. The van der Waals surface area contributed by atoms with Gasteiger partial charge in [-0.25, -0.2) is 44.9 Å². The van der Waals surface area contributed by atoms with E-state index < -0.39 is 22.7 Å². The van der Waals surface area contributed by atoms with E-state index in [1.165, 1.54) is 60.5 Å². The lowest BCUT2D eigenvalue weighted by atomic mass is 9.89. The quantitative estimate of drug-likeness (QED) is 0.0735. The molecule has 0 radical (unpaired) electrons. The topological polar surface area (TPSA) is 446 Å². The Bertz CT molecular complexity index is 5520. The number of halogens is 6. The number of imidazole rings is 1. The SMILES string of the molecule is Cl.Nc1ncnc2[nH]ccc12.O=C1NC2(CCCCC2)n2c1c(Cl)cc(Br)c2=O.O=C1NC2(CCCCC2)n2c1c(Cl)cc(Nc1ncnc3[nH]ccc13)c2=O.O=C1NC2(CCCCC2)n2c1c(Cl)cc(Nc1ncnc3[nH]ccc13)c2=O.O=C1NC2(CCCCC2)n2c1c(Cl)cc(Nc1ncnc3nc[nH]c13)c2=O. The van der Waals surface area contributed by atoms with Gasteiger partial charge in [0.15, 0.2) is 11.5 Å². The van der Waals surface area contributed by atoms with Crippen LogP contribution in [0.1, 0.15) is 170 Å². The molecule has 39 heteroatoms. The average Bonchev–Trinajstić information content (AvgIpc) is 1.60. The van der Waals surface area contributed by atoms with Crippen LogP contribution in [-0.2, 0) is 22.7 Å². The number of hydrogen-bond donors (Lipinski definition) is 12. The van der Waals surface area contributed by atoms with Crippen LogP contribution in [0.3, 0.4) is 0 Å². The molecule has 0 unspecified atom stereocenters. The smallest absolute Gasteiger partial charge is 0.276 e. The minimum absolute atomic E-state index is 0. The largest absolute Gasteiger partial charge is 0.383 e. The number of nitrogens with zero attached hydrogens (tertiary/aromatic N) is 13. The normalized spacial score (nSPS) is 17.5. The molecule has 0 atom stereocenters. The van der Waals surface area contributed by atoms with Gasteiger partial charge < -0.3 is 62.9 Å². The van der Waals surface area contributed by atoms with Crippen LogP contribution in [0.25, 0.3) is 44.3 Å². The summed E-state index contributed by atoms with van der Waals surface area (Å²) in [6.07, 6.45) is 30.5. The Morgan fingerprint density at radius 2 is 0.700 bits per heavy atom. The number of nitrogens with one attached hydrogen (secondary N) is 11. The van der Waals surface area contributed by atoms with Gasteiger partial charge in [-0.1, -0.05) is 72.1 Å². The van der Waals surface area contributed by atoms with E-state index in [0.717, 1.165) is 137 Å². The molecule has 0 saturated heterocycles. The van der Waals surface area contributed by atoms with Crippen LogP contribution in [-0.4, -0.2) is 107 Å². The fourth-order valence-electron chi connectivity index (χ4n) is 16.4. The summed E-state index contributed by atoms with van der Waals surface area (Å²) in [5, 5.41) is 24.6. The second kappa shape index (κ2) is 29.9. The first-order chi connectivity index (χ1) is 52.7. The summed E-state index contributed by atoms with van der Waals surface area (Å²) in [5.41, 5.74) is 6.86. The van der Waals surface area contributed by atoms with Gasteiger partial charge >= 0.3 is 0 Å². The van der Waals surface area contributed by atoms with Gasteiger partial charge in [0, 0.05) is 18.6 Å². The highest BCUT2D eigenvalue weighted by Gasteiger charge is 2.50. The molecule has 12 aromatic rings. The maximum atomic E-state index is 13.3. The standard InChI is InChI=1S/2C18H17ClN6O2.C17H16ClN7O2.C12H12BrClN2O2.C6H6N4.ClH/c2*19-11-8-12(23-15-10-4-7-20-14(10)21-9-22-15)17(27)25-13(11)16(26)24-18(25)5-2-1-3-6-18;18-9-6-10(23-14-11-13(20-7-19-11)21-8-22-14)16(27)25-12(9)15(26)24-17(25)4-2-1-3-5-17;13-7-6-8(14)9-10(17)15-12(16(9)11(7)18)4-2-1-3-5-12;7-5-4-1-2-8-6(4)10-3-9-5;/h2*4,7-9H,1-3,5-6H2,(H,24,26)(H2,20,21,22,23);6-8H,1-5H2,(H,24,26)(H2,19,20,21,22,23);6H,1-5H2,(H,15,17);1-3H,(H3,7,8,9,10);1H. The molecule has 16 heterocycles. The Hall–Kier alpha value is -10.8. The van der Waals surface area contributed by atoms with Crippen molar-refractivity contribution in [1.82, 2.24) is 104 Å². The first-order valence-corrected chi connectivity index (χ1v) is 37.8. The van der Waals surface area contributed by atoms with E-state index in [2.05, 4.69) is 118 Å². The summed E-state index contributed by atoms with van der Waals surface area (Å²) < 4.78 is 6.59. The Labute approximate surface area is 656 Å². The number of rotatable bonds is 6. The summed E-state index contributed by atoms with van der Waals surface area (Å²) in [7, 11) is 0. The zero-order valence-corrected chi connectivity index (χ0v) is 63.7. The van der Waals surface area contributed by atoms with E-state index in [1.54, 1.807) is 32.3 Å². The summed E-state index contributed by atoms with van der Waals surface area (Å²) in [5.74, 6) is 0.818. The molecule has 4 fully saturated rings. The molecule has 110 heavy (non-hydrogen) atoms. The van der Waals surface area contributed by atoms with E-state index in [9.17, 15) is 38.4 Å². The van der Waals surface area contributed by atoms with E-state index >= 15 is 0 Å². The molecule has 4 aliphatic heterocycles. The van der Waals surface area contributed by atoms with Crippen molar-refractivity contribution in [2.75, 3.05) is 21.7 Å². The molecule has 0 aromatic carbocycles. The van der Waals surface area contributed by atoms with E-state index in [0.29, 0.717) is 73.8 Å². The third-order valence-electron chi connectivity index (χ3n) is 21.3. The maximum absolute atomic E-state index is 13.3. The highest BCUT2D eigenvalue weighted by molar-refractivity contribution is 9.10. The lowest BCUT2D eigenvalue weighted by Gasteiger charge is -2.35. The monoisotopic (exact) mass is 1650 g/mol. The first-order valence-electron chi connectivity index (χ1n) is 35.5. The van der Waals surface area contributed by atoms with Crippen molar-refractivity contribution in [3.8, 4) is 0 Å². The molecule has 12 aromatic heterocycles. The molecule has 13 N–H and O–H groups in total. The third-order valence-corrected chi connectivity index (χ3v) is 23.0. The number of hydrogen-bond acceptors (Lipinski definition) is 21. The van der Waals surface area contributed by atoms with Gasteiger partial charge in [0.25, 0.3) is 45.9 Å². The highest BCUT2D eigenvalue weighted by Crippen LogP contribution is 2.44. The minimum Gasteiger partial charge on any atom is -0.383 e. The Kier molecular flexibility index (Phi) is 20.3. The second-order valence-electron chi connectivity index (χ2n) is 27.8. The van der Waals surface area contributed by atoms with Crippen molar-refractivity contribution in [2.24, 2.45) is 0 Å². The zero-order chi connectivity index (χ0) is 75.7. The lowest BCUT2D eigenvalue weighted by Crippen LogP contribution is -2.48. The molecule has 4 amide bonds. The Balaban J connectivity index is 0.000000112. The van der Waals surface area contributed by atoms with Gasteiger partial charge in [0.05, 0.1) is 47.0 Å². The predicted molar refractivity (Wildman–Crippen MR) is 420 cm³/mol. The summed E-state index contributed by atoms with van der Waals surface area (Å²) in [6.45, 7) is 0. The summed E-state index contributed by atoms with van der Waals surface area (Å²) >= 11 is 28.5. The van der Waals surface area contributed by atoms with Crippen molar-refractivity contribution < 1.29 is 19.2 Å². The fraction of sp³-hybridized carbons (Fsp3) is 0.338. The van der Waals surface area contributed by atoms with Crippen molar-refractivity contribution in [3.63, 3.8) is 0 Å². The predicted octanol–water partition coefficient (Wildman–Crippen LogP) is 11.6. The number of H-pyrrole nitrogens is 4. The van der Waals surface area contributed by atoms with Gasteiger partial charge in [0.2, 0.25) is 0 Å². The van der Waals surface area contributed by atoms with Crippen molar-refractivity contribution in [3.05, 3.63) is 181 Å². The number of aromatic amines is 4. The fourth-order valence-corrected chi connectivity index (χ4v) is 18.0. The molecular weight excluding hydrogens is 1590 g/mol. The van der Waals surface area contributed by atoms with Gasteiger partial charge in [-0.15, -0.1) is 12.4 Å². The van der Waals surface area contributed by atoms with Gasteiger partial charge in [-0.3, -0.25) is 56.6 Å². The molecular formula is C71H69BrCl5N25O8. The number of nitrogens with two attached hydrogens (primary N) is 1. The van der Waals surface area contributed by atoms with Crippen LogP contribution in [0.5, 0.6) is 0 Å². The second-order valence-corrected chi connectivity index (χ2v) is 30.3. The van der Waals surface area contributed by atoms with E-state index in [1.807, 2.05) is 18.2 Å². The van der Waals surface area contributed by atoms with Crippen LogP contribution < -0.4 is 65.2 Å². The molecule has 4 saturated carbocycles. The molecule has 4 spiro atoms. The molecule has 20 rings (SSSR count). The van der Waals surface area contributed by atoms with Crippen LogP contribution >= 0.6 is 74.7 Å². The number of anilines is 7. The molecule has 4 aliphatic carbocycles. The van der Waals surface area contributed by atoms with Crippen molar-refractivity contribution in [2.45, 2.75) is 151 Å². The number of amides is 4. The van der Waals surface area contributed by atoms with Gasteiger partial charge in [-0.2, -0.15) is 0 Å². The minimum atomic E-state index is -0.696. The number of fused-ring (bicyclic) bond motifs is 12. The molecule has 0 bridgehead atoms. The third kappa shape index (κ3) is 13.2. The van der Waals surface area contributed by atoms with E-state index in [4.69, 9.17) is 52.1 Å². The summed E-state index contributed by atoms with van der Waals surface area (Å²) in [4.78, 5) is 151. The van der Waals surface area contributed by atoms with Gasteiger partial charge in [0.1, 0.15) is 128 Å². The number of carbonyl (C=O) groups excluding carboxylic acids is 4. The number of carbonyl (C=O) groups is 4. The zero-order valence-electron chi connectivity index (χ0n) is 58.3.